The molecule has 0 saturated carbocycles. The molecule has 1 aromatic carbocycles. The first kappa shape index (κ1) is 13.8. The van der Waals surface area contributed by atoms with Crippen LogP contribution in [0.3, 0.4) is 0 Å². The Kier molecular flexibility index (Phi) is 4.23. The summed E-state index contributed by atoms with van der Waals surface area (Å²) in [5.74, 6) is 0.736. The van der Waals surface area contributed by atoms with Crippen molar-refractivity contribution in [3.8, 4) is 0 Å². The minimum Gasteiger partial charge on any atom is -0.310 e. The van der Waals surface area contributed by atoms with E-state index in [1.165, 1.54) is 30.4 Å². The molecule has 1 N–H and O–H groups in total. The van der Waals surface area contributed by atoms with Crippen LogP contribution in [0.1, 0.15) is 54.0 Å². The predicted octanol–water partition coefficient (Wildman–Crippen LogP) is 4.83. The summed E-state index contributed by atoms with van der Waals surface area (Å²) >= 11 is 1.83. The molecular formula is C18H23NS. The number of thiophene rings is 1. The van der Waals surface area contributed by atoms with E-state index in [0.29, 0.717) is 6.04 Å². The average Bonchev–Trinajstić information content (AvgIpc) is 2.86. The summed E-state index contributed by atoms with van der Waals surface area (Å²) in [6.07, 6.45) is 3.68. The molecule has 2 atom stereocenters. The standard InChI is InChI=1S/C18H23NS/c1-3-8-19-18(17-12-20-11-13(17)2)10-15-9-14-6-4-5-7-16(14)15/h4-7,11-12,15,18-19H,3,8-10H2,1-2H3. The Morgan fingerprint density at radius 2 is 2.15 bits per heavy atom. The van der Waals surface area contributed by atoms with Crippen molar-refractivity contribution in [1.82, 2.24) is 5.32 Å². The van der Waals surface area contributed by atoms with E-state index in [-0.39, 0.29) is 0 Å². The highest BCUT2D eigenvalue weighted by atomic mass is 32.1. The van der Waals surface area contributed by atoms with E-state index in [2.05, 4.69) is 54.2 Å². The maximum atomic E-state index is 3.75. The summed E-state index contributed by atoms with van der Waals surface area (Å²) in [6.45, 7) is 5.58. The number of rotatable bonds is 6. The van der Waals surface area contributed by atoms with Crippen molar-refractivity contribution in [2.75, 3.05) is 6.54 Å². The van der Waals surface area contributed by atoms with Gasteiger partial charge < -0.3 is 5.32 Å². The van der Waals surface area contributed by atoms with E-state index < -0.39 is 0 Å². The van der Waals surface area contributed by atoms with Gasteiger partial charge in [0.15, 0.2) is 0 Å². The minimum absolute atomic E-state index is 0.513. The minimum atomic E-state index is 0.513. The van der Waals surface area contributed by atoms with Crippen LogP contribution >= 0.6 is 11.3 Å². The lowest BCUT2D eigenvalue weighted by Crippen LogP contribution is -2.27. The molecule has 1 aromatic heterocycles. The van der Waals surface area contributed by atoms with Crippen LogP contribution in [-0.2, 0) is 6.42 Å². The zero-order chi connectivity index (χ0) is 13.9. The van der Waals surface area contributed by atoms with Crippen LogP contribution in [0.25, 0.3) is 0 Å². The molecule has 0 aliphatic heterocycles. The van der Waals surface area contributed by atoms with E-state index in [9.17, 15) is 0 Å². The molecule has 1 aliphatic carbocycles. The summed E-state index contributed by atoms with van der Waals surface area (Å²) < 4.78 is 0. The third-order valence-electron chi connectivity index (χ3n) is 4.39. The molecular weight excluding hydrogens is 262 g/mol. The van der Waals surface area contributed by atoms with E-state index in [4.69, 9.17) is 0 Å². The molecule has 0 amide bonds. The van der Waals surface area contributed by atoms with Crippen LogP contribution in [-0.4, -0.2) is 6.54 Å². The fraction of sp³-hybridized carbons (Fsp3) is 0.444. The van der Waals surface area contributed by atoms with Gasteiger partial charge in [0.05, 0.1) is 0 Å². The average molecular weight is 285 g/mol. The Morgan fingerprint density at radius 3 is 2.85 bits per heavy atom. The SMILES string of the molecule is CCCNC(CC1Cc2ccccc21)c1cscc1C. The lowest BCUT2D eigenvalue weighted by Gasteiger charge is -2.33. The quantitative estimate of drug-likeness (QED) is 0.802. The van der Waals surface area contributed by atoms with E-state index in [0.717, 1.165) is 12.5 Å². The van der Waals surface area contributed by atoms with Gasteiger partial charge in [-0.2, -0.15) is 11.3 Å². The topological polar surface area (TPSA) is 12.0 Å². The van der Waals surface area contributed by atoms with Crippen molar-refractivity contribution >= 4 is 11.3 Å². The van der Waals surface area contributed by atoms with Crippen molar-refractivity contribution in [2.24, 2.45) is 0 Å². The monoisotopic (exact) mass is 285 g/mol. The molecule has 0 spiro atoms. The highest BCUT2D eigenvalue weighted by molar-refractivity contribution is 7.08. The zero-order valence-electron chi connectivity index (χ0n) is 12.4. The van der Waals surface area contributed by atoms with Crippen LogP contribution in [0.4, 0.5) is 0 Å². The first-order valence-corrected chi connectivity index (χ1v) is 8.57. The third kappa shape index (κ3) is 2.68. The number of hydrogen-bond acceptors (Lipinski definition) is 2. The second kappa shape index (κ2) is 6.11. The van der Waals surface area contributed by atoms with Gasteiger partial charge in [-0.3, -0.25) is 0 Å². The molecule has 0 radical (unpaired) electrons. The van der Waals surface area contributed by atoms with Crippen LogP contribution in [0.15, 0.2) is 35.0 Å². The number of hydrogen-bond donors (Lipinski definition) is 1. The molecule has 2 heteroatoms. The Hall–Kier alpha value is -1.12. The fourth-order valence-corrected chi connectivity index (χ4v) is 4.13. The van der Waals surface area contributed by atoms with Crippen LogP contribution < -0.4 is 5.32 Å². The van der Waals surface area contributed by atoms with Gasteiger partial charge in [-0.1, -0.05) is 31.2 Å². The molecule has 0 saturated heterocycles. The maximum absolute atomic E-state index is 3.75. The maximum Gasteiger partial charge on any atom is 0.0337 e. The second-order valence-electron chi connectivity index (χ2n) is 5.85. The predicted molar refractivity (Wildman–Crippen MR) is 87.6 cm³/mol. The Morgan fingerprint density at radius 1 is 1.30 bits per heavy atom. The van der Waals surface area contributed by atoms with Crippen molar-refractivity contribution in [3.63, 3.8) is 0 Å². The number of nitrogens with one attached hydrogen (secondary N) is 1. The molecule has 0 fully saturated rings. The molecule has 1 aliphatic rings. The van der Waals surface area contributed by atoms with Gasteiger partial charge in [-0.25, -0.2) is 0 Å². The van der Waals surface area contributed by atoms with E-state index >= 15 is 0 Å². The van der Waals surface area contributed by atoms with Crippen molar-refractivity contribution in [1.29, 1.82) is 0 Å². The molecule has 2 aromatic rings. The Labute approximate surface area is 126 Å². The van der Waals surface area contributed by atoms with Gasteiger partial charge in [0.25, 0.3) is 0 Å². The zero-order valence-corrected chi connectivity index (χ0v) is 13.2. The van der Waals surface area contributed by atoms with Gasteiger partial charge in [-0.15, -0.1) is 0 Å². The van der Waals surface area contributed by atoms with Crippen LogP contribution in [0, 0.1) is 6.92 Å². The Bertz CT molecular complexity index is 572. The first-order chi connectivity index (χ1) is 9.79. The molecule has 2 unspecified atom stereocenters. The lowest BCUT2D eigenvalue weighted by molar-refractivity contribution is 0.428. The molecule has 0 bridgehead atoms. The van der Waals surface area contributed by atoms with E-state index in [1.54, 1.807) is 11.1 Å². The van der Waals surface area contributed by atoms with E-state index in [1.807, 2.05) is 11.3 Å². The number of benzene rings is 1. The second-order valence-corrected chi connectivity index (χ2v) is 6.60. The first-order valence-electron chi connectivity index (χ1n) is 7.63. The van der Waals surface area contributed by atoms with Crippen LogP contribution in [0.5, 0.6) is 0 Å². The van der Waals surface area contributed by atoms with Gasteiger partial charge in [0.1, 0.15) is 0 Å². The molecule has 1 heterocycles. The smallest absolute Gasteiger partial charge is 0.0337 e. The summed E-state index contributed by atoms with van der Waals surface area (Å²) in [7, 11) is 0. The molecule has 3 rings (SSSR count). The van der Waals surface area contributed by atoms with Crippen LogP contribution in [0.2, 0.25) is 0 Å². The number of aryl methyl sites for hydroxylation is 1. The highest BCUT2D eigenvalue weighted by Gasteiger charge is 2.29. The van der Waals surface area contributed by atoms with Crippen molar-refractivity contribution in [3.05, 3.63) is 57.3 Å². The summed E-state index contributed by atoms with van der Waals surface area (Å²) in [4.78, 5) is 0. The normalized spacial score (nSPS) is 18.4. The van der Waals surface area contributed by atoms with Gasteiger partial charge in [0.2, 0.25) is 0 Å². The summed E-state index contributed by atoms with van der Waals surface area (Å²) in [5.41, 5.74) is 6.07. The molecule has 20 heavy (non-hydrogen) atoms. The van der Waals surface area contributed by atoms with Gasteiger partial charge >= 0.3 is 0 Å². The third-order valence-corrected chi connectivity index (χ3v) is 5.27. The van der Waals surface area contributed by atoms with Gasteiger partial charge in [-0.05, 0) is 71.7 Å². The Balaban J connectivity index is 1.73. The highest BCUT2D eigenvalue weighted by Crippen LogP contribution is 2.41. The summed E-state index contributed by atoms with van der Waals surface area (Å²) in [6, 6.07) is 9.43. The molecule has 106 valence electrons. The summed E-state index contributed by atoms with van der Waals surface area (Å²) in [5, 5.41) is 8.34. The van der Waals surface area contributed by atoms with Crippen molar-refractivity contribution < 1.29 is 0 Å². The number of fused-ring (bicyclic) bond motifs is 1. The lowest BCUT2D eigenvalue weighted by atomic mass is 9.73. The molecule has 1 nitrogen and oxygen atoms in total. The van der Waals surface area contributed by atoms with Gasteiger partial charge in [0, 0.05) is 6.04 Å². The fourth-order valence-electron chi connectivity index (χ4n) is 3.22. The van der Waals surface area contributed by atoms with Crippen molar-refractivity contribution in [2.45, 2.75) is 45.1 Å². The largest absolute Gasteiger partial charge is 0.310 e.